The molecule has 2 aliphatic carbocycles. The van der Waals surface area contributed by atoms with Crippen molar-refractivity contribution in [2.75, 3.05) is 0 Å². The topological polar surface area (TPSA) is 122 Å². The second kappa shape index (κ2) is 10.5. The first kappa shape index (κ1) is 25.3. The van der Waals surface area contributed by atoms with E-state index in [4.69, 9.17) is 5.41 Å². The molecule has 0 saturated heterocycles. The number of aliphatic hydroxyl groups is 1. The fourth-order valence-electron chi connectivity index (χ4n) is 4.50. The molecule has 1 amide bonds. The van der Waals surface area contributed by atoms with Crippen molar-refractivity contribution in [1.29, 1.82) is 5.41 Å². The number of aromatic nitrogens is 2. The van der Waals surface area contributed by atoms with Gasteiger partial charge in [0.2, 0.25) is 5.69 Å². The Balaban J connectivity index is 1.62. The monoisotopic (exact) mass is 488 g/mol. The lowest BCUT2D eigenvalue weighted by atomic mass is 9.83. The zero-order valence-corrected chi connectivity index (χ0v) is 21.0. The number of allylic oxidation sites excluding steroid dienone is 4. The number of rotatable bonds is 6. The van der Waals surface area contributed by atoms with Crippen LogP contribution in [0.5, 0.6) is 0 Å². The van der Waals surface area contributed by atoms with Gasteiger partial charge in [-0.15, -0.1) is 0 Å². The molecule has 8 heteroatoms. The molecule has 0 aliphatic heterocycles. The summed E-state index contributed by atoms with van der Waals surface area (Å²) in [6.07, 6.45) is 10.0. The molecule has 0 bridgehead atoms. The maximum atomic E-state index is 13.2. The smallest absolute Gasteiger partial charge is 0.325 e. The first-order valence-electron chi connectivity index (χ1n) is 12.3. The van der Waals surface area contributed by atoms with Crippen molar-refractivity contribution in [2.24, 2.45) is 0 Å². The van der Waals surface area contributed by atoms with Crippen molar-refractivity contribution in [2.45, 2.75) is 64.0 Å². The predicted octanol–water partition coefficient (Wildman–Crippen LogP) is 3.63. The van der Waals surface area contributed by atoms with Crippen molar-refractivity contribution in [3.8, 4) is 0 Å². The van der Waals surface area contributed by atoms with Gasteiger partial charge in [0, 0.05) is 52.4 Å². The molecule has 4 rings (SSSR count). The minimum atomic E-state index is -0.614. The number of hydrogen-bond donors (Lipinski definition) is 5. The number of pyridine rings is 2. The number of carbonyl (C=O) groups excluding carboxylic acids is 1. The van der Waals surface area contributed by atoms with Gasteiger partial charge < -0.3 is 21.1 Å². The average Bonchev–Trinajstić information content (AvgIpc) is 2.85. The van der Waals surface area contributed by atoms with Gasteiger partial charge in [0.05, 0.1) is 22.7 Å². The van der Waals surface area contributed by atoms with Crippen LogP contribution in [0, 0.1) is 5.41 Å². The van der Waals surface area contributed by atoms with Crippen LogP contribution in [0.2, 0.25) is 0 Å². The molecule has 36 heavy (non-hydrogen) atoms. The Bertz CT molecular complexity index is 1240. The summed E-state index contributed by atoms with van der Waals surface area (Å²) in [6.45, 7) is 5.75. The summed E-state index contributed by atoms with van der Waals surface area (Å²) in [6, 6.07) is 10.8. The minimum Gasteiger partial charge on any atom is -0.390 e. The highest BCUT2D eigenvalue weighted by molar-refractivity contribution is 6.16. The van der Waals surface area contributed by atoms with Crippen molar-refractivity contribution in [3.63, 3.8) is 0 Å². The predicted molar refractivity (Wildman–Crippen MR) is 137 cm³/mol. The molecule has 5 N–H and O–H groups in total. The van der Waals surface area contributed by atoms with Crippen LogP contribution in [0.25, 0.3) is 5.57 Å². The summed E-state index contributed by atoms with van der Waals surface area (Å²) >= 11 is 0. The lowest BCUT2D eigenvalue weighted by molar-refractivity contribution is -0.911. The van der Waals surface area contributed by atoms with Crippen LogP contribution < -0.4 is 15.4 Å². The normalized spacial score (nSPS) is 23.3. The Morgan fingerprint density at radius 1 is 1.19 bits per heavy atom. The molecule has 2 aromatic rings. The maximum absolute atomic E-state index is 13.2. The van der Waals surface area contributed by atoms with Crippen LogP contribution in [-0.2, 0) is 0 Å². The van der Waals surface area contributed by atoms with Crippen molar-refractivity contribution < 1.29 is 19.8 Å². The highest BCUT2D eigenvalue weighted by Gasteiger charge is 2.29. The van der Waals surface area contributed by atoms with Crippen molar-refractivity contribution >= 4 is 17.2 Å². The van der Waals surface area contributed by atoms with Gasteiger partial charge in [-0.05, 0) is 63.0 Å². The van der Waals surface area contributed by atoms with E-state index in [9.17, 15) is 15.1 Å². The molecule has 1 saturated carbocycles. The zero-order valence-electron chi connectivity index (χ0n) is 21.0. The van der Waals surface area contributed by atoms with Gasteiger partial charge in [-0.1, -0.05) is 19.9 Å². The number of nitrogens with one attached hydrogen (secondary N) is 3. The number of hydrogen-bond acceptors (Lipinski definition) is 6. The van der Waals surface area contributed by atoms with Crippen LogP contribution in [0.1, 0.15) is 74.2 Å². The van der Waals surface area contributed by atoms with Crippen LogP contribution in [-0.4, -0.2) is 38.6 Å². The third kappa shape index (κ3) is 5.71. The standard InChI is InChI=1S/C28H33N5O3/c1-18(2)25-8-6-9-26(33(25)36)27(34)32-24-15-19(17-31-20-10-12-28(3,35)13-11-20)22(29)16-21(24)23-7-4-5-14-30-23/h4-9,14-18,20,29,34-36H,10-13H2,1-3H3/p+1/t20-,28-. The molecule has 0 aromatic carbocycles. The molecule has 0 radical (unpaired) electrons. The molecule has 2 aliphatic rings. The number of amides is 1. The highest BCUT2D eigenvalue weighted by atomic mass is 16.5. The average molecular weight is 489 g/mol. The van der Waals surface area contributed by atoms with Crippen molar-refractivity contribution in [3.05, 3.63) is 89.3 Å². The SMILES string of the molecule is CC(C)c1cccc(C(=O)NC2=C/C(=C/N[C@H]3CC[C@](C)(O)CC3)C(=N)C=C2c2ccccn2)[n+]1O. The van der Waals surface area contributed by atoms with E-state index in [0.717, 1.165) is 30.4 Å². The molecule has 1 fully saturated rings. The van der Waals surface area contributed by atoms with Crippen LogP contribution in [0.3, 0.4) is 0 Å². The van der Waals surface area contributed by atoms with Crippen molar-refractivity contribution in [1.82, 2.24) is 15.6 Å². The Kier molecular flexibility index (Phi) is 7.35. The van der Waals surface area contributed by atoms with Gasteiger partial charge in [-0.25, -0.2) is 0 Å². The van der Waals surface area contributed by atoms with Gasteiger partial charge in [-0.3, -0.25) is 15.0 Å². The van der Waals surface area contributed by atoms with Gasteiger partial charge in [0.1, 0.15) is 0 Å². The summed E-state index contributed by atoms with van der Waals surface area (Å²) < 4.78 is 0.923. The van der Waals surface area contributed by atoms with E-state index in [0.29, 0.717) is 33.9 Å². The van der Waals surface area contributed by atoms with Gasteiger partial charge in [-0.2, -0.15) is 0 Å². The fourth-order valence-corrected chi connectivity index (χ4v) is 4.50. The number of carbonyl (C=O) groups is 1. The summed E-state index contributed by atoms with van der Waals surface area (Å²) in [4.78, 5) is 17.7. The molecular weight excluding hydrogens is 454 g/mol. The lowest BCUT2D eigenvalue weighted by Crippen LogP contribution is -2.45. The van der Waals surface area contributed by atoms with Gasteiger partial charge >= 0.3 is 11.6 Å². The molecular formula is C28H34N5O3+. The largest absolute Gasteiger partial charge is 0.390 e. The molecule has 188 valence electrons. The summed E-state index contributed by atoms with van der Waals surface area (Å²) in [5.74, 6) is -0.437. The summed E-state index contributed by atoms with van der Waals surface area (Å²) in [5.41, 5.74) is 2.77. The first-order chi connectivity index (χ1) is 17.1. The second-order valence-corrected chi connectivity index (χ2v) is 10.0. The molecule has 0 spiro atoms. The first-order valence-corrected chi connectivity index (χ1v) is 12.3. The van der Waals surface area contributed by atoms with E-state index in [2.05, 4.69) is 15.6 Å². The maximum Gasteiger partial charge on any atom is 0.325 e. The van der Waals surface area contributed by atoms with Crippen LogP contribution in [0.15, 0.2) is 72.2 Å². The third-order valence-electron chi connectivity index (χ3n) is 6.73. The molecule has 0 unspecified atom stereocenters. The Hall–Kier alpha value is -3.78. The van der Waals surface area contributed by atoms with Crippen LogP contribution in [0.4, 0.5) is 0 Å². The van der Waals surface area contributed by atoms with E-state index >= 15 is 0 Å². The Morgan fingerprint density at radius 3 is 2.61 bits per heavy atom. The molecule has 8 nitrogen and oxygen atoms in total. The van der Waals surface area contributed by atoms with Gasteiger partial charge in [0.15, 0.2) is 0 Å². The second-order valence-electron chi connectivity index (χ2n) is 10.0. The molecule has 0 atom stereocenters. The number of nitrogens with zero attached hydrogens (tertiary/aromatic N) is 2. The van der Waals surface area contributed by atoms with Crippen LogP contribution >= 0.6 is 0 Å². The minimum absolute atomic E-state index is 0.0326. The molecule has 2 heterocycles. The quantitative estimate of drug-likeness (QED) is 0.314. The Labute approximate surface area is 211 Å². The third-order valence-corrected chi connectivity index (χ3v) is 6.73. The van der Waals surface area contributed by atoms with E-state index in [1.807, 2.05) is 39.0 Å². The lowest BCUT2D eigenvalue weighted by Gasteiger charge is -2.33. The Morgan fingerprint density at radius 2 is 1.94 bits per heavy atom. The van der Waals surface area contributed by atoms with E-state index in [-0.39, 0.29) is 17.7 Å². The highest BCUT2D eigenvalue weighted by Crippen LogP contribution is 2.29. The van der Waals surface area contributed by atoms with E-state index < -0.39 is 11.5 Å². The van der Waals surface area contributed by atoms with E-state index in [1.54, 1.807) is 42.7 Å². The molecule has 2 aromatic heterocycles. The zero-order chi connectivity index (χ0) is 25.9. The summed E-state index contributed by atoms with van der Waals surface area (Å²) in [7, 11) is 0. The summed E-state index contributed by atoms with van der Waals surface area (Å²) in [5, 5.41) is 35.8. The van der Waals surface area contributed by atoms with E-state index in [1.165, 1.54) is 0 Å². The van der Waals surface area contributed by atoms with Gasteiger partial charge in [0.25, 0.3) is 0 Å². The fraction of sp³-hybridized carbons (Fsp3) is 0.357.